The van der Waals surface area contributed by atoms with Crippen molar-refractivity contribution in [2.45, 2.75) is 20.0 Å². The molecule has 6 heteroatoms. The molecule has 0 atom stereocenters. The van der Waals surface area contributed by atoms with E-state index in [1.807, 2.05) is 24.3 Å². The molecule has 0 bridgehead atoms. The Morgan fingerprint density at radius 3 is 2.47 bits per heavy atom. The minimum atomic E-state index is -3.21. The Morgan fingerprint density at radius 2 is 1.89 bits per heavy atom. The second-order valence-corrected chi connectivity index (χ2v) is 5.80. The van der Waals surface area contributed by atoms with Crippen molar-refractivity contribution in [1.82, 2.24) is 10.0 Å². The first-order valence-electron chi connectivity index (χ1n) is 5.64. The maximum atomic E-state index is 11.2. The number of hydrogen-bond acceptors (Lipinski definition) is 3. The predicted molar refractivity (Wildman–Crippen MR) is 73.4 cm³/mol. The van der Waals surface area contributed by atoms with Gasteiger partial charge in [0.15, 0.2) is 0 Å². The van der Waals surface area contributed by atoms with E-state index in [1.165, 1.54) is 0 Å². The molecular weight excluding hydrogens is 264 g/mol. The van der Waals surface area contributed by atoms with Gasteiger partial charge in [-0.1, -0.05) is 30.2 Å². The Hall–Kier alpha value is -1.84. The molecule has 0 aliphatic rings. The molecule has 1 aromatic rings. The van der Waals surface area contributed by atoms with Crippen molar-refractivity contribution in [3.8, 4) is 11.8 Å². The highest BCUT2D eigenvalue weighted by atomic mass is 32.2. The molecule has 1 rings (SSSR count). The van der Waals surface area contributed by atoms with Crippen LogP contribution in [0.1, 0.15) is 18.1 Å². The summed E-state index contributed by atoms with van der Waals surface area (Å²) in [5, 5.41) is 2.65. The van der Waals surface area contributed by atoms with Gasteiger partial charge in [0, 0.05) is 13.1 Å². The predicted octanol–water partition coefficient (Wildman–Crippen LogP) is 0.375. The molecule has 0 saturated heterocycles. The van der Waals surface area contributed by atoms with Gasteiger partial charge in [-0.15, -0.1) is 0 Å². The van der Waals surface area contributed by atoms with Crippen LogP contribution in [0.25, 0.3) is 0 Å². The number of sulfonamides is 1. The number of hydrogen-bond donors (Lipinski definition) is 2. The number of carbonyl (C=O) groups excluding carboxylic acids is 1. The summed E-state index contributed by atoms with van der Waals surface area (Å²) in [6.45, 7) is 2.19. The molecule has 1 aromatic carbocycles. The Balaban J connectivity index is 2.61. The molecule has 5 nitrogen and oxygen atoms in total. The molecule has 2 N–H and O–H groups in total. The van der Waals surface area contributed by atoms with E-state index in [4.69, 9.17) is 0 Å². The minimum absolute atomic E-state index is 0.232. The highest BCUT2D eigenvalue weighted by molar-refractivity contribution is 7.88. The van der Waals surface area contributed by atoms with Gasteiger partial charge in [0.2, 0.25) is 10.0 Å². The lowest BCUT2D eigenvalue weighted by molar-refractivity contribution is -0.115. The van der Waals surface area contributed by atoms with Crippen LogP contribution in [0, 0.1) is 11.8 Å². The minimum Gasteiger partial charge on any atom is -0.341 e. The Morgan fingerprint density at radius 1 is 1.26 bits per heavy atom. The molecule has 0 unspecified atom stereocenters. The molecule has 0 aliphatic heterocycles. The van der Waals surface area contributed by atoms with Gasteiger partial charge in [0.25, 0.3) is 5.91 Å². The third-order valence-electron chi connectivity index (χ3n) is 2.22. The van der Waals surface area contributed by atoms with E-state index in [0.29, 0.717) is 6.54 Å². The van der Waals surface area contributed by atoms with Crippen LogP contribution in [0.4, 0.5) is 0 Å². The van der Waals surface area contributed by atoms with Crippen molar-refractivity contribution in [2.75, 3.05) is 6.26 Å². The van der Waals surface area contributed by atoms with Crippen molar-refractivity contribution in [3.05, 3.63) is 35.4 Å². The highest BCUT2D eigenvalue weighted by Crippen LogP contribution is 2.05. The zero-order valence-electron chi connectivity index (χ0n) is 10.9. The molecule has 19 heavy (non-hydrogen) atoms. The summed E-state index contributed by atoms with van der Waals surface area (Å²) in [5.74, 6) is 4.57. The SMILES string of the molecule is CC#CC(=O)NCc1cccc(CNS(C)(=O)=O)c1. The first-order valence-corrected chi connectivity index (χ1v) is 7.53. The van der Waals surface area contributed by atoms with Gasteiger partial charge in [-0.05, 0) is 24.0 Å². The fourth-order valence-corrected chi connectivity index (χ4v) is 1.83. The quantitative estimate of drug-likeness (QED) is 0.765. The van der Waals surface area contributed by atoms with Crippen LogP contribution in [0.3, 0.4) is 0 Å². The largest absolute Gasteiger partial charge is 0.341 e. The van der Waals surface area contributed by atoms with Crippen LogP contribution in [0.15, 0.2) is 24.3 Å². The van der Waals surface area contributed by atoms with Gasteiger partial charge >= 0.3 is 0 Å². The number of carbonyl (C=O) groups is 1. The standard InChI is InChI=1S/C13H16N2O3S/c1-3-5-13(16)14-9-11-6-4-7-12(8-11)10-15-19(2,17)18/h4,6-8,15H,9-10H2,1-2H3,(H,14,16). The van der Waals surface area contributed by atoms with Gasteiger partial charge in [-0.25, -0.2) is 13.1 Å². The van der Waals surface area contributed by atoms with E-state index in [-0.39, 0.29) is 12.5 Å². The van der Waals surface area contributed by atoms with Crippen molar-refractivity contribution in [1.29, 1.82) is 0 Å². The van der Waals surface area contributed by atoms with Crippen LogP contribution in [0.5, 0.6) is 0 Å². The molecule has 0 aromatic heterocycles. The topological polar surface area (TPSA) is 75.3 Å². The van der Waals surface area contributed by atoms with Crippen LogP contribution in [0.2, 0.25) is 0 Å². The molecule has 0 heterocycles. The molecule has 0 saturated carbocycles. The van der Waals surface area contributed by atoms with E-state index >= 15 is 0 Å². The van der Waals surface area contributed by atoms with E-state index < -0.39 is 10.0 Å². The molecule has 102 valence electrons. The maximum absolute atomic E-state index is 11.2. The second kappa shape index (κ2) is 6.92. The lowest BCUT2D eigenvalue weighted by atomic mass is 10.1. The fraction of sp³-hybridized carbons (Fsp3) is 0.308. The van der Waals surface area contributed by atoms with Crippen molar-refractivity contribution in [3.63, 3.8) is 0 Å². The Bertz CT molecular complexity index is 612. The lowest BCUT2D eigenvalue weighted by Gasteiger charge is -2.06. The van der Waals surface area contributed by atoms with Crippen LogP contribution >= 0.6 is 0 Å². The number of amides is 1. The summed E-state index contributed by atoms with van der Waals surface area (Å²) in [4.78, 5) is 11.2. The third kappa shape index (κ3) is 6.60. The number of benzene rings is 1. The molecular formula is C13H16N2O3S. The number of rotatable bonds is 5. The summed E-state index contributed by atoms with van der Waals surface area (Å²) >= 11 is 0. The summed E-state index contributed by atoms with van der Waals surface area (Å²) < 4.78 is 24.4. The second-order valence-electron chi connectivity index (χ2n) is 3.97. The third-order valence-corrected chi connectivity index (χ3v) is 2.89. The fourth-order valence-electron chi connectivity index (χ4n) is 1.40. The van der Waals surface area contributed by atoms with Crippen molar-refractivity contribution >= 4 is 15.9 Å². The lowest BCUT2D eigenvalue weighted by Crippen LogP contribution is -2.22. The van der Waals surface area contributed by atoms with Crippen LogP contribution < -0.4 is 10.0 Å². The van der Waals surface area contributed by atoms with Gasteiger partial charge in [-0.3, -0.25) is 4.79 Å². The Labute approximate surface area is 113 Å². The van der Waals surface area contributed by atoms with Crippen LogP contribution in [-0.4, -0.2) is 20.6 Å². The maximum Gasteiger partial charge on any atom is 0.296 e. The Kier molecular flexibility index (Phi) is 5.55. The summed E-state index contributed by atoms with van der Waals surface area (Å²) in [6.07, 6.45) is 1.11. The van der Waals surface area contributed by atoms with Crippen molar-refractivity contribution < 1.29 is 13.2 Å². The molecule has 0 spiro atoms. The normalized spacial score (nSPS) is 10.4. The first kappa shape index (κ1) is 15.2. The summed E-state index contributed by atoms with van der Waals surface area (Å²) in [6, 6.07) is 7.31. The summed E-state index contributed by atoms with van der Waals surface area (Å²) in [7, 11) is -3.21. The van der Waals surface area contributed by atoms with Gasteiger partial charge in [0.05, 0.1) is 6.26 Å². The van der Waals surface area contributed by atoms with E-state index in [1.54, 1.807) is 6.92 Å². The molecule has 0 radical (unpaired) electrons. The number of nitrogens with one attached hydrogen (secondary N) is 2. The van der Waals surface area contributed by atoms with Crippen molar-refractivity contribution in [2.24, 2.45) is 0 Å². The summed E-state index contributed by atoms with van der Waals surface area (Å²) in [5.41, 5.74) is 1.72. The first-order chi connectivity index (χ1) is 8.90. The zero-order valence-corrected chi connectivity index (χ0v) is 11.7. The molecule has 1 amide bonds. The zero-order chi connectivity index (χ0) is 14.3. The molecule has 0 fully saturated rings. The average molecular weight is 280 g/mol. The van der Waals surface area contributed by atoms with E-state index in [0.717, 1.165) is 17.4 Å². The van der Waals surface area contributed by atoms with E-state index in [9.17, 15) is 13.2 Å². The van der Waals surface area contributed by atoms with Gasteiger partial charge < -0.3 is 5.32 Å². The monoisotopic (exact) mass is 280 g/mol. The van der Waals surface area contributed by atoms with E-state index in [2.05, 4.69) is 21.9 Å². The smallest absolute Gasteiger partial charge is 0.296 e. The molecule has 0 aliphatic carbocycles. The van der Waals surface area contributed by atoms with Gasteiger partial charge in [-0.2, -0.15) is 0 Å². The average Bonchev–Trinajstić information content (AvgIpc) is 2.34. The van der Waals surface area contributed by atoms with Gasteiger partial charge in [0.1, 0.15) is 0 Å². The van der Waals surface area contributed by atoms with Crippen LogP contribution in [-0.2, 0) is 27.9 Å². The highest BCUT2D eigenvalue weighted by Gasteiger charge is 2.02.